The van der Waals surface area contributed by atoms with Gasteiger partial charge in [0.05, 0.1) is 32.5 Å². The summed E-state index contributed by atoms with van der Waals surface area (Å²) in [6.45, 7) is 4.01. The number of fused-ring (bicyclic) bond motifs is 1. The average molecular weight is 409 g/mol. The summed E-state index contributed by atoms with van der Waals surface area (Å²) in [6.07, 6.45) is 2.48. The van der Waals surface area contributed by atoms with E-state index in [1.54, 1.807) is 20.4 Å². The van der Waals surface area contributed by atoms with E-state index in [1.165, 1.54) is 5.56 Å². The van der Waals surface area contributed by atoms with Crippen LogP contribution in [0.5, 0.6) is 5.88 Å². The first-order valence-corrected chi connectivity index (χ1v) is 10.3. The monoisotopic (exact) mass is 408 g/mol. The second-order valence-electron chi connectivity index (χ2n) is 7.52. The lowest BCUT2D eigenvalue weighted by molar-refractivity contribution is 0.175. The van der Waals surface area contributed by atoms with Gasteiger partial charge in [0.2, 0.25) is 5.88 Å². The average Bonchev–Trinajstić information content (AvgIpc) is 3.04. The van der Waals surface area contributed by atoms with Crippen molar-refractivity contribution < 1.29 is 9.47 Å². The molecule has 0 aliphatic carbocycles. The van der Waals surface area contributed by atoms with Crippen LogP contribution < -0.4 is 10.3 Å². The molecule has 0 N–H and O–H groups in total. The minimum Gasteiger partial charge on any atom is -0.481 e. The van der Waals surface area contributed by atoms with Crippen LogP contribution in [0.25, 0.3) is 0 Å². The third kappa shape index (κ3) is 4.17. The standard InChI is InChI=1S/C23H28N4O3/c1-29-14-13-26-23(28)20-10-12-25(16-19-9-6-11-24-22(19)30-2)17-21(20)27(26)15-18-7-4-3-5-8-18/h3-9,11H,10,12-17H2,1-2H3. The molecule has 158 valence electrons. The van der Waals surface area contributed by atoms with E-state index in [0.29, 0.717) is 25.6 Å². The molecular weight excluding hydrogens is 380 g/mol. The largest absolute Gasteiger partial charge is 0.481 e. The first kappa shape index (κ1) is 20.4. The molecule has 0 atom stereocenters. The van der Waals surface area contributed by atoms with Crippen LogP contribution in [0.2, 0.25) is 0 Å². The fourth-order valence-corrected chi connectivity index (χ4v) is 4.12. The fraction of sp³-hybridized carbons (Fsp3) is 0.391. The van der Waals surface area contributed by atoms with E-state index < -0.39 is 0 Å². The Balaban J connectivity index is 1.65. The molecule has 0 fully saturated rings. The van der Waals surface area contributed by atoms with Crippen molar-refractivity contribution in [3.05, 3.63) is 81.4 Å². The predicted octanol–water partition coefficient (Wildman–Crippen LogP) is 2.31. The zero-order chi connectivity index (χ0) is 20.9. The van der Waals surface area contributed by atoms with Crippen molar-refractivity contribution in [1.29, 1.82) is 0 Å². The number of methoxy groups -OCH3 is 2. The number of ether oxygens (including phenoxy) is 2. The van der Waals surface area contributed by atoms with Gasteiger partial charge < -0.3 is 9.47 Å². The zero-order valence-corrected chi connectivity index (χ0v) is 17.6. The Hall–Kier alpha value is -2.90. The Morgan fingerprint density at radius 2 is 1.87 bits per heavy atom. The van der Waals surface area contributed by atoms with Crippen LogP contribution in [-0.4, -0.2) is 46.6 Å². The Morgan fingerprint density at radius 3 is 2.63 bits per heavy atom. The molecule has 0 amide bonds. The Morgan fingerprint density at radius 1 is 1.03 bits per heavy atom. The molecule has 0 unspecified atom stereocenters. The number of benzene rings is 1. The highest BCUT2D eigenvalue weighted by Gasteiger charge is 2.26. The molecule has 30 heavy (non-hydrogen) atoms. The third-order valence-corrected chi connectivity index (χ3v) is 5.61. The number of rotatable bonds is 8. The van der Waals surface area contributed by atoms with Crippen molar-refractivity contribution in [3.63, 3.8) is 0 Å². The smallest absolute Gasteiger partial charge is 0.270 e. The number of nitrogens with zero attached hydrogens (tertiary/aromatic N) is 4. The molecule has 0 saturated carbocycles. The fourth-order valence-electron chi connectivity index (χ4n) is 4.12. The van der Waals surface area contributed by atoms with E-state index >= 15 is 0 Å². The summed E-state index contributed by atoms with van der Waals surface area (Å²) in [5.41, 5.74) is 4.36. The second-order valence-corrected chi connectivity index (χ2v) is 7.52. The van der Waals surface area contributed by atoms with Crippen molar-refractivity contribution in [2.75, 3.05) is 27.4 Å². The normalized spacial score (nSPS) is 13.9. The van der Waals surface area contributed by atoms with Crippen molar-refractivity contribution in [2.24, 2.45) is 0 Å². The van der Waals surface area contributed by atoms with Crippen LogP contribution in [0, 0.1) is 0 Å². The second kappa shape index (κ2) is 9.28. The molecule has 4 rings (SSSR count). The quantitative estimate of drug-likeness (QED) is 0.572. The van der Waals surface area contributed by atoms with E-state index in [4.69, 9.17) is 9.47 Å². The summed E-state index contributed by atoms with van der Waals surface area (Å²) in [5, 5.41) is 0. The maximum atomic E-state index is 13.1. The van der Waals surface area contributed by atoms with Crippen LogP contribution in [0.15, 0.2) is 53.5 Å². The van der Waals surface area contributed by atoms with Gasteiger partial charge >= 0.3 is 0 Å². The molecule has 1 aliphatic rings. The summed E-state index contributed by atoms with van der Waals surface area (Å²) in [5.74, 6) is 0.655. The van der Waals surface area contributed by atoms with Gasteiger partial charge in [-0.15, -0.1) is 0 Å². The van der Waals surface area contributed by atoms with Gasteiger partial charge in [-0.3, -0.25) is 14.4 Å². The van der Waals surface area contributed by atoms with Gasteiger partial charge in [-0.05, 0) is 18.1 Å². The lowest BCUT2D eigenvalue weighted by atomic mass is 10.1. The number of hydrogen-bond acceptors (Lipinski definition) is 5. The topological polar surface area (TPSA) is 61.5 Å². The van der Waals surface area contributed by atoms with E-state index in [-0.39, 0.29) is 5.56 Å². The maximum Gasteiger partial charge on any atom is 0.270 e. The highest BCUT2D eigenvalue weighted by atomic mass is 16.5. The summed E-state index contributed by atoms with van der Waals surface area (Å²) in [7, 11) is 3.31. The minimum absolute atomic E-state index is 0.108. The van der Waals surface area contributed by atoms with Crippen LogP contribution in [0.1, 0.15) is 22.4 Å². The zero-order valence-electron chi connectivity index (χ0n) is 17.6. The molecule has 0 saturated heterocycles. The highest BCUT2D eigenvalue weighted by Crippen LogP contribution is 2.23. The van der Waals surface area contributed by atoms with E-state index in [0.717, 1.165) is 42.9 Å². The van der Waals surface area contributed by atoms with Crippen LogP contribution in [-0.2, 0) is 37.3 Å². The summed E-state index contributed by atoms with van der Waals surface area (Å²) in [6, 6.07) is 14.2. The molecule has 2 aromatic heterocycles. The molecule has 0 radical (unpaired) electrons. The third-order valence-electron chi connectivity index (χ3n) is 5.61. The van der Waals surface area contributed by atoms with Crippen LogP contribution in [0.3, 0.4) is 0 Å². The minimum atomic E-state index is 0.108. The molecule has 1 aliphatic heterocycles. The number of pyridine rings is 1. The molecule has 0 bridgehead atoms. The predicted molar refractivity (Wildman–Crippen MR) is 115 cm³/mol. The summed E-state index contributed by atoms with van der Waals surface area (Å²) in [4.78, 5) is 19.8. The van der Waals surface area contributed by atoms with Crippen molar-refractivity contribution in [2.45, 2.75) is 32.6 Å². The van der Waals surface area contributed by atoms with Gasteiger partial charge in [-0.25, -0.2) is 9.67 Å². The molecule has 7 nitrogen and oxygen atoms in total. The molecule has 0 spiro atoms. The molecule has 7 heteroatoms. The van der Waals surface area contributed by atoms with Crippen molar-refractivity contribution in [3.8, 4) is 5.88 Å². The molecular formula is C23H28N4O3. The SMILES string of the molecule is COCCn1c(=O)c2c(n1Cc1ccccc1)CN(Cc1cccnc1OC)CC2. The molecule has 1 aromatic carbocycles. The van der Waals surface area contributed by atoms with Gasteiger partial charge in [0.25, 0.3) is 5.56 Å². The van der Waals surface area contributed by atoms with E-state index in [2.05, 4.69) is 26.7 Å². The Labute approximate surface area is 176 Å². The lowest BCUT2D eigenvalue weighted by Gasteiger charge is -2.28. The lowest BCUT2D eigenvalue weighted by Crippen LogP contribution is -2.32. The first-order valence-electron chi connectivity index (χ1n) is 10.3. The number of hydrogen-bond donors (Lipinski definition) is 0. The molecule has 3 aromatic rings. The van der Waals surface area contributed by atoms with Crippen molar-refractivity contribution >= 4 is 0 Å². The van der Waals surface area contributed by atoms with Gasteiger partial charge in [0, 0.05) is 44.1 Å². The van der Waals surface area contributed by atoms with Gasteiger partial charge in [-0.1, -0.05) is 36.4 Å². The molecule has 3 heterocycles. The summed E-state index contributed by atoms with van der Waals surface area (Å²) < 4.78 is 14.7. The number of aromatic nitrogens is 3. The van der Waals surface area contributed by atoms with Crippen LogP contribution in [0.4, 0.5) is 0 Å². The Kier molecular flexibility index (Phi) is 6.30. The summed E-state index contributed by atoms with van der Waals surface area (Å²) >= 11 is 0. The van der Waals surface area contributed by atoms with E-state index in [9.17, 15) is 4.79 Å². The van der Waals surface area contributed by atoms with Crippen LogP contribution >= 0.6 is 0 Å². The van der Waals surface area contributed by atoms with Crippen molar-refractivity contribution in [1.82, 2.24) is 19.2 Å². The first-order chi connectivity index (χ1) is 14.7. The van der Waals surface area contributed by atoms with E-state index in [1.807, 2.05) is 35.0 Å². The van der Waals surface area contributed by atoms with Gasteiger partial charge in [0.1, 0.15) is 0 Å². The Bertz CT molecular complexity index is 1040. The van der Waals surface area contributed by atoms with Gasteiger partial charge in [0.15, 0.2) is 0 Å². The van der Waals surface area contributed by atoms with Gasteiger partial charge in [-0.2, -0.15) is 0 Å². The maximum absolute atomic E-state index is 13.1. The highest BCUT2D eigenvalue weighted by molar-refractivity contribution is 5.28.